The van der Waals surface area contributed by atoms with Gasteiger partial charge in [-0.2, -0.15) is 0 Å². The maximum absolute atomic E-state index is 12.2. The summed E-state index contributed by atoms with van der Waals surface area (Å²) in [7, 11) is 1.75. The van der Waals surface area contributed by atoms with Gasteiger partial charge in [-0.1, -0.05) is 29.8 Å². The molecule has 128 valence electrons. The van der Waals surface area contributed by atoms with E-state index in [1.165, 1.54) is 0 Å². The number of aromatic nitrogens is 3. The molecule has 2 heterocycles. The molecule has 0 atom stereocenters. The number of halogens is 1. The van der Waals surface area contributed by atoms with Crippen molar-refractivity contribution < 1.29 is 4.79 Å². The normalized spacial score (nSPS) is 10.5. The van der Waals surface area contributed by atoms with Crippen molar-refractivity contribution in [2.75, 3.05) is 7.05 Å². The van der Waals surface area contributed by atoms with Crippen LogP contribution in [0.15, 0.2) is 61.3 Å². The van der Waals surface area contributed by atoms with Crippen LogP contribution in [0.25, 0.3) is 5.82 Å². The molecule has 2 amide bonds. The fourth-order valence-corrected chi connectivity index (χ4v) is 2.58. The van der Waals surface area contributed by atoms with Crippen LogP contribution in [0.1, 0.15) is 11.1 Å². The number of nitrogens with one attached hydrogen (secondary N) is 1. The van der Waals surface area contributed by atoms with Crippen LogP contribution in [0.5, 0.6) is 0 Å². The van der Waals surface area contributed by atoms with Crippen LogP contribution in [-0.2, 0) is 13.1 Å². The SMILES string of the molecule is CN(Cc1cccc(Cl)c1)C(=O)NCc1ccc(-n2ccnc2)nc1. The Morgan fingerprint density at radius 2 is 2.16 bits per heavy atom. The molecule has 0 aliphatic rings. The van der Waals surface area contributed by atoms with Gasteiger partial charge >= 0.3 is 6.03 Å². The molecule has 0 radical (unpaired) electrons. The van der Waals surface area contributed by atoms with Crippen molar-refractivity contribution in [2.24, 2.45) is 0 Å². The van der Waals surface area contributed by atoms with Gasteiger partial charge in [-0.3, -0.25) is 4.57 Å². The molecule has 0 saturated carbocycles. The third kappa shape index (κ3) is 4.58. The zero-order valence-electron chi connectivity index (χ0n) is 13.8. The van der Waals surface area contributed by atoms with Crippen molar-refractivity contribution in [3.8, 4) is 5.82 Å². The summed E-state index contributed by atoms with van der Waals surface area (Å²) in [5, 5.41) is 3.55. The minimum Gasteiger partial charge on any atom is -0.334 e. The number of imidazole rings is 1. The molecule has 0 spiro atoms. The van der Waals surface area contributed by atoms with Crippen molar-refractivity contribution in [1.29, 1.82) is 0 Å². The molecule has 3 aromatic rings. The molecule has 25 heavy (non-hydrogen) atoms. The fraction of sp³-hybridized carbons (Fsp3) is 0.167. The van der Waals surface area contributed by atoms with Crippen molar-refractivity contribution in [1.82, 2.24) is 24.8 Å². The third-order valence-electron chi connectivity index (χ3n) is 3.68. The molecule has 0 aliphatic heterocycles. The second-order valence-corrected chi connectivity index (χ2v) is 6.08. The van der Waals surface area contributed by atoms with Crippen LogP contribution in [-0.4, -0.2) is 32.5 Å². The molecular weight excluding hydrogens is 338 g/mol. The summed E-state index contributed by atoms with van der Waals surface area (Å²) in [6.45, 7) is 0.903. The molecule has 0 bridgehead atoms. The van der Waals surface area contributed by atoms with Crippen LogP contribution in [0.3, 0.4) is 0 Å². The van der Waals surface area contributed by atoms with E-state index >= 15 is 0 Å². The molecule has 0 unspecified atom stereocenters. The van der Waals surface area contributed by atoms with Crippen LogP contribution in [0.2, 0.25) is 5.02 Å². The first-order valence-electron chi connectivity index (χ1n) is 7.78. The smallest absolute Gasteiger partial charge is 0.317 e. The summed E-state index contributed by atoms with van der Waals surface area (Å²) >= 11 is 5.97. The lowest BCUT2D eigenvalue weighted by atomic mass is 10.2. The molecular formula is C18H18ClN5O. The number of hydrogen-bond donors (Lipinski definition) is 1. The Labute approximate surface area is 151 Å². The van der Waals surface area contributed by atoms with Gasteiger partial charge in [0.05, 0.1) is 0 Å². The Balaban J connectivity index is 1.53. The van der Waals surface area contributed by atoms with Crippen molar-refractivity contribution in [3.05, 3.63) is 77.5 Å². The van der Waals surface area contributed by atoms with Crippen LogP contribution in [0.4, 0.5) is 4.79 Å². The van der Waals surface area contributed by atoms with Gasteiger partial charge in [-0.15, -0.1) is 0 Å². The Kier molecular flexibility index (Phi) is 5.30. The van der Waals surface area contributed by atoms with E-state index in [1.807, 2.05) is 47.2 Å². The Morgan fingerprint density at radius 3 is 2.84 bits per heavy atom. The molecule has 1 N–H and O–H groups in total. The molecule has 0 aliphatic carbocycles. The van der Waals surface area contributed by atoms with E-state index in [-0.39, 0.29) is 6.03 Å². The van der Waals surface area contributed by atoms with Gasteiger partial charge in [0.15, 0.2) is 0 Å². The average molecular weight is 356 g/mol. The first-order chi connectivity index (χ1) is 12.1. The largest absolute Gasteiger partial charge is 0.334 e. The lowest BCUT2D eigenvalue weighted by Crippen LogP contribution is -2.36. The average Bonchev–Trinajstić information content (AvgIpc) is 3.14. The first-order valence-corrected chi connectivity index (χ1v) is 8.16. The molecule has 0 fully saturated rings. The number of pyridine rings is 1. The standard InChI is InChI=1S/C18H18ClN5O/c1-23(12-14-3-2-4-16(19)9-14)18(25)22-11-15-5-6-17(21-10-15)24-8-7-20-13-24/h2-10,13H,11-12H2,1H3,(H,22,25). The topological polar surface area (TPSA) is 63.1 Å². The number of carbonyl (C=O) groups is 1. The summed E-state index contributed by atoms with van der Waals surface area (Å²) in [5.74, 6) is 0.783. The summed E-state index contributed by atoms with van der Waals surface area (Å²) in [6.07, 6.45) is 6.96. The molecule has 3 rings (SSSR count). The van der Waals surface area contributed by atoms with E-state index in [9.17, 15) is 4.79 Å². The maximum atomic E-state index is 12.2. The number of rotatable bonds is 5. The van der Waals surface area contributed by atoms with Crippen molar-refractivity contribution >= 4 is 17.6 Å². The van der Waals surface area contributed by atoms with E-state index in [0.29, 0.717) is 18.1 Å². The maximum Gasteiger partial charge on any atom is 0.317 e. The minimum absolute atomic E-state index is 0.154. The summed E-state index contributed by atoms with van der Waals surface area (Å²) < 4.78 is 1.82. The molecule has 7 heteroatoms. The number of benzene rings is 1. The van der Waals surface area contributed by atoms with E-state index in [2.05, 4.69) is 15.3 Å². The fourth-order valence-electron chi connectivity index (χ4n) is 2.36. The van der Waals surface area contributed by atoms with Gasteiger partial charge in [-0.25, -0.2) is 14.8 Å². The van der Waals surface area contributed by atoms with Gasteiger partial charge in [-0.05, 0) is 29.3 Å². The Morgan fingerprint density at radius 1 is 1.28 bits per heavy atom. The van der Waals surface area contributed by atoms with Gasteiger partial charge in [0.25, 0.3) is 0 Å². The Hall–Kier alpha value is -2.86. The van der Waals surface area contributed by atoms with E-state index in [0.717, 1.165) is 16.9 Å². The predicted molar refractivity (Wildman–Crippen MR) is 96.5 cm³/mol. The lowest BCUT2D eigenvalue weighted by Gasteiger charge is -2.18. The first kappa shape index (κ1) is 17.0. The van der Waals surface area contributed by atoms with Crippen LogP contribution < -0.4 is 5.32 Å². The zero-order chi connectivity index (χ0) is 17.6. The van der Waals surface area contributed by atoms with Crippen LogP contribution >= 0.6 is 11.6 Å². The molecule has 1 aromatic carbocycles. The van der Waals surface area contributed by atoms with Crippen molar-refractivity contribution in [2.45, 2.75) is 13.1 Å². The predicted octanol–water partition coefficient (Wildman–Crippen LogP) is 3.26. The number of nitrogens with zero attached hydrogens (tertiary/aromatic N) is 4. The summed E-state index contributed by atoms with van der Waals surface area (Å²) in [5.41, 5.74) is 1.91. The van der Waals surface area contributed by atoms with Gasteiger partial charge < -0.3 is 10.2 Å². The Bertz CT molecular complexity index is 833. The third-order valence-corrected chi connectivity index (χ3v) is 3.91. The highest BCUT2D eigenvalue weighted by molar-refractivity contribution is 6.30. The van der Waals surface area contributed by atoms with Crippen molar-refractivity contribution in [3.63, 3.8) is 0 Å². The molecule has 6 nitrogen and oxygen atoms in total. The second kappa shape index (κ2) is 7.81. The van der Waals surface area contributed by atoms with E-state index < -0.39 is 0 Å². The molecule has 0 saturated heterocycles. The van der Waals surface area contributed by atoms with E-state index in [4.69, 9.17) is 11.6 Å². The highest BCUT2D eigenvalue weighted by Gasteiger charge is 2.09. The highest BCUT2D eigenvalue weighted by Crippen LogP contribution is 2.12. The number of carbonyl (C=O) groups excluding carboxylic acids is 1. The van der Waals surface area contributed by atoms with E-state index in [1.54, 1.807) is 30.7 Å². The second-order valence-electron chi connectivity index (χ2n) is 5.64. The number of amides is 2. The highest BCUT2D eigenvalue weighted by atomic mass is 35.5. The number of hydrogen-bond acceptors (Lipinski definition) is 3. The molecule has 2 aromatic heterocycles. The minimum atomic E-state index is -0.154. The quantitative estimate of drug-likeness (QED) is 0.764. The summed E-state index contributed by atoms with van der Waals surface area (Å²) in [6, 6.07) is 11.1. The summed E-state index contributed by atoms with van der Waals surface area (Å²) in [4.78, 5) is 22.2. The lowest BCUT2D eigenvalue weighted by molar-refractivity contribution is 0.206. The zero-order valence-corrected chi connectivity index (χ0v) is 14.5. The van der Waals surface area contributed by atoms with Gasteiger partial charge in [0.1, 0.15) is 12.1 Å². The van der Waals surface area contributed by atoms with Gasteiger partial charge in [0.2, 0.25) is 0 Å². The monoisotopic (exact) mass is 355 g/mol. The van der Waals surface area contributed by atoms with Crippen LogP contribution in [0, 0.1) is 0 Å². The van der Waals surface area contributed by atoms with Gasteiger partial charge in [0, 0.05) is 43.8 Å². The number of urea groups is 1.